The van der Waals surface area contributed by atoms with E-state index in [9.17, 15) is 0 Å². The van der Waals surface area contributed by atoms with Crippen LogP contribution in [-0.2, 0) is 4.74 Å². The number of aromatic nitrogens is 1. The quantitative estimate of drug-likeness (QED) is 0.495. The summed E-state index contributed by atoms with van der Waals surface area (Å²) in [6.07, 6.45) is 1.07. The second-order valence-electron chi connectivity index (χ2n) is 3.61. The van der Waals surface area contributed by atoms with Crippen LogP contribution in [0.5, 0.6) is 0 Å². The number of hydrogen-bond acceptors (Lipinski definition) is 5. The van der Waals surface area contributed by atoms with Crippen LogP contribution in [0.25, 0.3) is 10.2 Å². The standard InChI is InChI=1S/C12H16N2OS2/c1-2-15-6-3-7-16-12-14-10-5-4-9(13)8-11(10)17-12/h4-5,8H,2-3,6-7,13H2,1H3. The second-order valence-corrected chi connectivity index (χ2v) is 5.98. The number of fused-ring (bicyclic) bond motifs is 1. The number of nitrogen functional groups attached to an aromatic ring is 1. The van der Waals surface area contributed by atoms with Crippen LogP contribution in [0.15, 0.2) is 22.5 Å². The van der Waals surface area contributed by atoms with Gasteiger partial charge in [0.15, 0.2) is 4.34 Å². The smallest absolute Gasteiger partial charge is 0.151 e. The van der Waals surface area contributed by atoms with Gasteiger partial charge in [-0.3, -0.25) is 0 Å². The van der Waals surface area contributed by atoms with E-state index in [1.54, 1.807) is 23.1 Å². The van der Waals surface area contributed by atoms with E-state index in [1.807, 2.05) is 25.1 Å². The molecule has 2 aromatic rings. The van der Waals surface area contributed by atoms with Gasteiger partial charge in [-0.1, -0.05) is 11.8 Å². The van der Waals surface area contributed by atoms with Crippen LogP contribution >= 0.6 is 23.1 Å². The summed E-state index contributed by atoms with van der Waals surface area (Å²) in [6, 6.07) is 5.86. The van der Waals surface area contributed by atoms with Gasteiger partial charge in [-0.25, -0.2) is 4.98 Å². The number of rotatable bonds is 6. The predicted octanol–water partition coefficient (Wildman–Crippen LogP) is 3.40. The number of benzene rings is 1. The van der Waals surface area contributed by atoms with Gasteiger partial charge in [0.1, 0.15) is 0 Å². The van der Waals surface area contributed by atoms with Gasteiger partial charge in [0.05, 0.1) is 10.2 Å². The molecule has 0 fully saturated rings. The van der Waals surface area contributed by atoms with Crippen molar-refractivity contribution in [1.82, 2.24) is 4.98 Å². The third-order valence-electron chi connectivity index (χ3n) is 2.26. The molecule has 0 aliphatic carbocycles. The average Bonchev–Trinajstić information content (AvgIpc) is 2.70. The maximum absolute atomic E-state index is 5.74. The zero-order chi connectivity index (χ0) is 12.1. The molecule has 0 atom stereocenters. The first kappa shape index (κ1) is 12.7. The minimum Gasteiger partial charge on any atom is -0.399 e. The number of thioether (sulfide) groups is 1. The fraction of sp³-hybridized carbons (Fsp3) is 0.417. The lowest BCUT2D eigenvalue weighted by Crippen LogP contribution is -1.94. The summed E-state index contributed by atoms with van der Waals surface area (Å²) in [4.78, 5) is 4.56. The van der Waals surface area contributed by atoms with E-state index in [0.717, 1.165) is 45.6 Å². The van der Waals surface area contributed by atoms with Crippen molar-refractivity contribution in [1.29, 1.82) is 0 Å². The molecule has 17 heavy (non-hydrogen) atoms. The Morgan fingerprint density at radius 3 is 3.18 bits per heavy atom. The van der Waals surface area contributed by atoms with Crippen LogP contribution < -0.4 is 5.73 Å². The Hall–Kier alpha value is -0.780. The highest BCUT2D eigenvalue weighted by molar-refractivity contribution is 8.01. The van der Waals surface area contributed by atoms with Crippen LogP contribution in [0.2, 0.25) is 0 Å². The van der Waals surface area contributed by atoms with Gasteiger partial charge in [0.25, 0.3) is 0 Å². The number of ether oxygens (including phenoxy) is 1. The normalized spacial score (nSPS) is 11.1. The number of nitrogens with zero attached hydrogens (tertiary/aromatic N) is 1. The first-order valence-corrected chi connectivity index (χ1v) is 7.46. The summed E-state index contributed by atoms with van der Waals surface area (Å²) in [5, 5.41) is 0. The Labute approximate surface area is 109 Å². The third kappa shape index (κ3) is 3.59. The molecule has 0 aliphatic rings. The number of nitrogens with two attached hydrogens (primary N) is 1. The van der Waals surface area contributed by atoms with Crippen molar-refractivity contribution in [2.24, 2.45) is 0 Å². The summed E-state index contributed by atoms with van der Waals surface area (Å²) in [5.74, 6) is 1.05. The maximum atomic E-state index is 5.74. The number of anilines is 1. The van der Waals surface area contributed by atoms with E-state index in [-0.39, 0.29) is 0 Å². The summed E-state index contributed by atoms with van der Waals surface area (Å²) in [5.41, 5.74) is 7.58. The van der Waals surface area contributed by atoms with Gasteiger partial charge in [-0.15, -0.1) is 11.3 Å². The minimum atomic E-state index is 0.797. The van der Waals surface area contributed by atoms with Crippen molar-refractivity contribution in [2.75, 3.05) is 24.7 Å². The molecule has 1 heterocycles. The molecular weight excluding hydrogens is 252 g/mol. The Morgan fingerprint density at radius 2 is 2.35 bits per heavy atom. The molecule has 0 radical (unpaired) electrons. The fourth-order valence-corrected chi connectivity index (χ4v) is 3.55. The molecule has 0 unspecified atom stereocenters. The Bertz CT molecular complexity index is 484. The molecule has 0 bridgehead atoms. The van der Waals surface area contributed by atoms with Crippen LogP contribution in [0.3, 0.4) is 0 Å². The lowest BCUT2D eigenvalue weighted by Gasteiger charge is -1.98. The highest BCUT2D eigenvalue weighted by Crippen LogP contribution is 2.30. The van der Waals surface area contributed by atoms with Crippen molar-refractivity contribution < 1.29 is 4.74 Å². The van der Waals surface area contributed by atoms with Crippen molar-refractivity contribution in [3.63, 3.8) is 0 Å². The van der Waals surface area contributed by atoms with E-state index >= 15 is 0 Å². The first-order chi connectivity index (χ1) is 8.29. The van der Waals surface area contributed by atoms with E-state index in [4.69, 9.17) is 10.5 Å². The topological polar surface area (TPSA) is 48.1 Å². The van der Waals surface area contributed by atoms with E-state index in [1.165, 1.54) is 0 Å². The van der Waals surface area contributed by atoms with Crippen molar-refractivity contribution >= 4 is 39.0 Å². The van der Waals surface area contributed by atoms with Gasteiger partial charge in [-0.05, 0) is 31.5 Å². The lowest BCUT2D eigenvalue weighted by molar-refractivity contribution is 0.149. The molecule has 1 aromatic heterocycles. The number of hydrogen-bond donors (Lipinski definition) is 1. The van der Waals surface area contributed by atoms with Gasteiger partial charge < -0.3 is 10.5 Å². The van der Waals surface area contributed by atoms with Crippen LogP contribution in [0.1, 0.15) is 13.3 Å². The second kappa shape index (κ2) is 6.23. The van der Waals surface area contributed by atoms with Crippen molar-refractivity contribution in [3.8, 4) is 0 Å². The summed E-state index contributed by atoms with van der Waals surface area (Å²) in [7, 11) is 0. The van der Waals surface area contributed by atoms with E-state index in [2.05, 4.69) is 4.98 Å². The average molecular weight is 268 g/mol. The highest BCUT2D eigenvalue weighted by atomic mass is 32.2. The molecule has 5 heteroatoms. The fourth-order valence-electron chi connectivity index (χ4n) is 1.45. The SMILES string of the molecule is CCOCCCSc1nc2ccc(N)cc2s1. The summed E-state index contributed by atoms with van der Waals surface area (Å²) < 4.78 is 7.58. The molecule has 1 aromatic carbocycles. The molecule has 2 rings (SSSR count). The zero-order valence-electron chi connectivity index (χ0n) is 9.81. The minimum absolute atomic E-state index is 0.797. The Kier molecular flexibility index (Phi) is 4.65. The first-order valence-electron chi connectivity index (χ1n) is 5.66. The van der Waals surface area contributed by atoms with E-state index in [0.29, 0.717) is 0 Å². The van der Waals surface area contributed by atoms with Crippen molar-refractivity contribution in [2.45, 2.75) is 17.7 Å². The summed E-state index contributed by atoms with van der Waals surface area (Å²) in [6.45, 7) is 3.65. The lowest BCUT2D eigenvalue weighted by atomic mass is 10.3. The van der Waals surface area contributed by atoms with Gasteiger partial charge >= 0.3 is 0 Å². The monoisotopic (exact) mass is 268 g/mol. The predicted molar refractivity (Wildman–Crippen MR) is 75.9 cm³/mol. The van der Waals surface area contributed by atoms with Gasteiger partial charge in [-0.2, -0.15) is 0 Å². The zero-order valence-corrected chi connectivity index (χ0v) is 11.4. The molecule has 2 N–H and O–H groups in total. The van der Waals surface area contributed by atoms with Crippen molar-refractivity contribution in [3.05, 3.63) is 18.2 Å². The molecule has 3 nitrogen and oxygen atoms in total. The molecule has 0 amide bonds. The third-order valence-corrected chi connectivity index (χ3v) is 4.50. The molecule has 0 spiro atoms. The van der Waals surface area contributed by atoms with Crippen LogP contribution in [0.4, 0.5) is 5.69 Å². The van der Waals surface area contributed by atoms with Gasteiger partial charge in [0.2, 0.25) is 0 Å². The molecule has 0 saturated carbocycles. The van der Waals surface area contributed by atoms with Gasteiger partial charge in [0, 0.05) is 24.7 Å². The highest BCUT2D eigenvalue weighted by Gasteiger charge is 2.04. The molecular formula is C12H16N2OS2. The van der Waals surface area contributed by atoms with E-state index < -0.39 is 0 Å². The molecule has 0 saturated heterocycles. The Balaban J connectivity index is 1.91. The Morgan fingerprint density at radius 1 is 1.47 bits per heavy atom. The molecule has 0 aliphatic heterocycles. The number of thiazole rings is 1. The van der Waals surface area contributed by atoms with Crippen LogP contribution in [-0.4, -0.2) is 24.0 Å². The summed E-state index contributed by atoms with van der Waals surface area (Å²) >= 11 is 3.50. The van der Waals surface area contributed by atoms with Crippen LogP contribution in [0, 0.1) is 0 Å². The molecule has 92 valence electrons. The maximum Gasteiger partial charge on any atom is 0.151 e. The largest absolute Gasteiger partial charge is 0.399 e.